The number of fused-ring (bicyclic) bond motifs is 1. The van der Waals surface area contributed by atoms with E-state index < -0.39 is 12.0 Å². The molecule has 22 heavy (non-hydrogen) atoms. The van der Waals surface area contributed by atoms with Crippen LogP contribution < -0.4 is 4.57 Å². The highest BCUT2D eigenvalue weighted by Crippen LogP contribution is 2.30. The SMILES string of the molecule is COC(=O)C(c1ccccc1Cl)[n+]1ccc2sccc2c1O. The second-order valence-electron chi connectivity index (χ2n) is 4.69. The summed E-state index contributed by atoms with van der Waals surface area (Å²) in [6.45, 7) is 0. The van der Waals surface area contributed by atoms with Crippen LogP contribution in [0.4, 0.5) is 0 Å². The Hall–Kier alpha value is -2.11. The summed E-state index contributed by atoms with van der Waals surface area (Å²) in [6, 6.07) is 9.84. The standard InChI is InChI=1S/C16H12ClNO3S/c1-21-16(20)14(10-4-2-3-5-12(10)17)18-8-6-13-11(15(18)19)7-9-22-13/h2-9,14H,1H3/p+1. The molecular weight excluding hydrogens is 322 g/mol. The molecular formula is C16H13ClNO3S+. The number of hydrogen-bond acceptors (Lipinski definition) is 4. The molecule has 1 N–H and O–H groups in total. The number of hydrogen-bond donors (Lipinski definition) is 1. The number of ether oxygens (including phenoxy) is 1. The Morgan fingerprint density at radius 2 is 2.09 bits per heavy atom. The molecule has 0 radical (unpaired) electrons. The number of thiophene rings is 1. The molecule has 0 spiro atoms. The molecule has 1 atom stereocenters. The van der Waals surface area contributed by atoms with Crippen molar-refractivity contribution in [3.8, 4) is 5.88 Å². The first-order chi connectivity index (χ1) is 10.6. The summed E-state index contributed by atoms with van der Waals surface area (Å²) in [5.41, 5.74) is 0.575. The first-order valence-electron chi connectivity index (χ1n) is 6.56. The predicted octanol–water partition coefficient (Wildman–Crippen LogP) is 3.31. The molecule has 1 aromatic carbocycles. The average Bonchev–Trinajstić information content (AvgIpc) is 3.00. The van der Waals surface area contributed by atoms with E-state index in [2.05, 4.69) is 0 Å². The molecule has 1 unspecified atom stereocenters. The lowest BCUT2D eigenvalue weighted by molar-refractivity contribution is -0.706. The van der Waals surface area contributed by atoms with Crippen LogP contribution in [0.25, 0.3) is 10.1 Å². The Balaban J connectivity index is 2.23. The number of pyridine rings is 1. The van der Waals surface area contributed by atoms with E-state index in [-0.39, 0.29) is 5.88 Å². The van der Waals surface area contributed by atoms with Gasteiger partial charge in [0.15, 0.2) is 6.20 Å². The molecule has 0 amide bonds. The van der Waals surface area contributed by atoms with Crippen molar-refractivity contribution in [3.63, 3.8) is 0 Å². The van der Waals surface area contributed by atoms with E-state index >= 15 is 0 Å². The van der Waals surface area contributed by atoms with Crippen LogP contribution >= 0.6 is 22.9 Å². The molecule has 0 aliphatic rings. The van der Waals surface area contributed by atoms with Gasteiger partial charge in [0.05, 0.1) is 22.4 Å². The van der Waals surface area contributed by atoms with Crippen LogP contribution in [0.2, 0.25) is 5.02 Å². The number of rotatable bonds is 3. The monoisotopic (exact) mass is 334 g/mol. The normalized spacial score (nSPS) is 12.3. The lowest BCUT2D eigenvalue weighted by Crippen LogP contribution is -2.45. The van der Waals surface area contributed by atoms with Gasteiger partial charge in [0, 0.05) is 6.07 Å². The van der Waals surface area contributed by atoms with Gasteiger partial charge in [0.25, 0.3) is 6.04 Å². The fraction of sp³-hybridized carbons (Fsp3) is 0.125. The number of nitrogens with zero attached hydrogens (tertiary/aromatic N) is 1. The van der Waals surface area contributed by atoms with Crippen molar-refractivity contribution in [2.45, 2.75) is 6.04 Å². The van der Waals surface area contributed by atoms with Crippen LogP contribution in [0, 0.1) is 0 Å². The number of benzene rings is 1. The number of carbonyl (C=O) groups excluding carboxylic acids is 1. The molecule has 0 saturated heterocycles. The average molecular weight is 335 g/mol. The van der Waals surface area contributed by atoms with Crippen molar-refractivity contribution in [2.24, 2.45) is 0 Å². The maximum absolute atomic E-state index is 12.3. The van der Waals surface area contributed by atoms with E-state index in [1.165, 1.54) is 23.0 Å². The summed E-state index contributed by atoms with van der Waals surface area (Å²) in [5.74, 6) is -0.489. The van der Waals surface area contributed by atoms with Gasteiger partial charge in [-0.15, -0.1) is 15.9 Å². The molecule has 0 aliphatic heterocycles. The molecule has 112 valence electrons. The van der Waals surface area contributed by atoms with Crippen LogP contribution in [0.1, 0.15) is 11.6 Å². The summed E-state index contributed by atoms with van der Waals surface area (Å²) in [4.78, 5) is 12.3. The lowest BCUT2D eigenvalue weighted by atomic mass is 10.1. The summed E-state index contributed by atoms with van der Waals surface area (Å²) < 4.78 is 7.31. The quantitative estimate of drug-likeness (QED) is 0.590. The zero-order chi connectivity index (χ0) is 15.7. The van der Waals surface area contributed by atoms with Gasteiger partial charge in [0.1, 0.15) is 5.39 Å². The van der Waals surface area contributed by atoms with E-state index in [0.717, 1.165) is 4.70 Å². The fourth-order valence-corrected chi connectivity index (χ4v) is 3.42. The maximum atomic E-state index is 12.3. The highest BCUT2D eigenvalue weighted by atomic mass is 35.5. The van der Waals surface area contributed by atoms with Gasteiger partial charge in [0.2, 0.25) is 0 Å². The Morgan fingerprint density at radius 3 is 2.82 bits per heavy atom. The van der Waals surface area contributed by atoms with E-state index in [1.54, 1.807) is 30.5 Å². The topological polar surface area (TPSA) is 50.4 Å². The number of carbonyl (C=O) groups is 1. The number of aromatic hydroxyl groups is 1. The van der Waals surface area contributed by atoms with E-state index in [9.17, 15) is 9.90 Å². The molecule has 0 fully saturated rings. The zero-order valence-corrected chi connectivity index (χ0v) is 13.3. The molecule has 6 heteroatoms. The minimum absolute atomic E-state index is 0.00840. The van der Waals surface area contributed by atoms with Crippen molar-refractivity contribution in [2.75, 3.05) is 7.11 Å². The highest BCUT2D eigenvalue weighted by Gasteiger charge is 2.36. The van der Waals surface area contributed by atoms with Gasteiger partial charge < -0.3 is 9.84 Å². The third-order valence-corrected chi connectivity index (χ3v) is 4.70. The van der Waals surface area contributed by atoms with E-state index in [0.29, 0.717) is 16.0 Å². The second-order valence-corrected chi connectivity index (χ2v) is 6.05. The Morgan fingerprint density at radius 1 is 1.32 bits per heavy atom. The van der Waals surface area contributed by atoms with Crippen LogP contribution in [0.3, 0.4) is 0 Å². The zero-order valence-electron chi connectivity index (χ0n) is 11.7. The van der Waals surface area contributed by atoms with Gasteiger partial charge in [-0.05, 0) is 17.5 Å². The maximum Gasteiger partial charge on any atom is 0.380 e. The summed E-state index contributed by atoms with van der Waals surface area (Å²) in [6.07, 6.45) is 1.67. The Bertz CT molecular complexity index is 846. The summed E-state index contributed by atoms with van der Waals surface area (Å²) in [7, 11) is 1.31. The van der Waals surface area contributed by atoms with E-state index in [1.807, 2.05) is 17.5 Å². The van der Waals surface area contributed by atoms with Crippen LogP contribution in [0.15, 0.2) is 48.0 Å². The molecule has 4 nitrogen and oxygen atoms in total. The van der Waals surface area contributed by atoms with Gasteiger partial charge in [-0.25, -0.2) is 4.79 Å². The minimum Gasteiger partial charge on any atom is -0.464 e. The molecule has 0 aliphatic carbocycles. The van der Waals surface area contributed by atoms with Crippen molar-refractivity contribution in [1.82, 2.24) is 0 Å². The first kappa shape index (κ1) is 14.8. The Labute approximate surface area is 136 Å². The van der Waals surface area contributed by atoms with Gasteiger partial charge in [-0.2, -0.15) is 0 Å². The van der Waals surface area contributed by atoms with Gasteiger partial charge >= 0.3 is 11.8 Å². The Kier molecular flexibility index (Phi) is 4.00. The molecule has 3 aromatic rings. The van der Waals surface area contributed by atoms with Crippen molar-refractivity contribution < 1.29 is 19.2 Å². The molecule has 2 heterocycles. The van der Waals surface area contributed by atoms with Crippen molar-refractivity contribution in [1.29, 1.82) is 0 Å². The number of halogens is 1. The summed E-state index contributed by atoms with van der Waals surface area (Å²) >= 11 is 7.74. The van der Waals surface area contributed by atoms with Crippen LogP contribution in [-0.4, -0.2) is 18.2 Å². The van der Waals surface area contributed by atoms with Crippen LogP contribution in [-0.2, 0) is 9.53 Å². The van der Waals surface area contributed by atoms with Crippen molar-refractivity contribution in [3.05, 3.63) is 58.6 Å². The van der Waals surface area contributed by atoms with Crippen molar-refractivity contribution >= 4 is 39.0 Å². The third kappa shape index (κ3) is 2.42. The molecule has 0 saturated carbocycles. The molecule has 3 rings (SSSR count). The van der Waals surface area contributed by atoms with Gasteiger partial charge in [-0.1, -0.05) is 29.8 Å². The van der Waals surface area contributed by atoms with Gasteiger partial charge in [-0.3, -0.25) is 0 Å². The highest BCUT2D eigenvalue weighted by molar-refractivity contribution is 7.17. The number of methoxy groups -OCH3 is 1. The van der Waals surface area contributed by atoms with Crippen LogP contribution in [0.5, 0.6) is 5.88 Å². The third-order valence-electron chi connectivity index (χ3n) is 3.47. The molecule has 2 aromatic heterocycles. The fourth-order valence-electron chi connectivity index (χ4n) is 2.40. The lowest BCUT2D eigenvalue weighted by Gasteiger charge is -2.13. The second kappa shape index (κ2) is 5.94. The largest absolute Gasteiger partial charge is 0.464 e. The van der Waals surface area contributed by atoms with E-state index in [4.69, 9.17) is 16.3 Å². The smallest absolute Gasteiger partial charge is 0.380 e. The number of aromatic nitrogens is 1. The minimum atomic E-state index is -0.844. The molecule has 0 bridgehead atoms. The summed E-state index contributed by atoms with van der Waals surface area (Å²) in [5, 5.41) is 13.5. The first-order valence-corrected chi connectivity index (χ1v) is 7.82. The predicted molar refractivity (Wildman–Crippen MR) is 85.3 cm³/mol. The number of esters is 1.